The summed E-state index contributed by atoms with van der Waals surface area (Å²) < 4.78 is 21.3. The van der Waals surface area contributed by atoms with E-state index in [2.05, 4.69) is 22.6 Å². The first-order chi connectivity index (χ1) is 7.03. The Morgan fingerprint density at radius 3 is 2.73 bits per heavy atom. The first-order valence-corrected chi connectivity index (χ1v) is 7.61. The molecule has 3 nitrogen and oxygen atoms in total. The van der Waals surface area contributed by atoms with E-state index in [0.29, 0.717) is 0 Å². The zero-order valence-corrected chi connectivity index (χ0v) is 11.9. The Morgan fingerprint density at radius 1 is 1.47 bits per heavy atom. The van der Waals surface area contributed by atoms with Gasteiger partial charge in [-0.3, -0.25) is 0 Å². The standard InChI is InChI=1S/C9H10INO2S2/c1-11-7-4-2-3-5-8(7)14-9(11,10)6-15(12)13/h2-5,15H,6H2,1H3. The van der Waals surface area contributed by atoms with Crippen LogP contribution in [0.4, 0.5) is 5.69 Å². The van der Waals surface area contributed by atoms with Crippen LogP contribution >= 0.6 is 34.4 Å². The van der Waals surface area contributed by atoms with Gasteiger partial charge in [-0.2, -0.15) is 0 Å². The molecular formula is C9H10INO2S2. The average Bonchev–Trinajstić information content (AvgIpc) is 2.39. The molecule has 1 unspecified atom stereocenters. The van der Waals surface area contributed by atoms with Crippen molar-refractivity contribution in [3.8, 4) is 0 Å². The number of fused-ring (bicyclic) bond motifs is 1. The van der Waals surface area contributed by atoms with Crippen molar-refractivity contribution < 1.29 is 8.42 Å². The number of para-hydroxylation sites is 1. The summed E-state index contributed by atoms with van der Waals surface area (Å²) in [7, 11) is -0.425. The summed E-state index contributed by atoms with van der Waals surface area (Å²) in [5, 5.41) is 0. The fourth-order valence-electron chi connectivity index (χ4n) is 1.53. The second-order valence-corrected chi connectivity index (χ2v) is 8.13. The second-order valence-electron chi connectivity index (χ2n) is 3.31. The van der Waals surface area contributed by atoms with E-state index in [4.69, 9.17) is 0 Å². The lowest BCUT2D eigenvalue weighted by Gasteiger charge is -2.28. The maximum absolute atomic E-state index is 10.8. The predicted octanol–water partition coefficient (Wildman–Crippen LogP) is 1.93. The van der Waals surface area contributed by atoms with Gasteiger partial charge in [0.05, 0.1) is 11.4 Å². The monoisotopic (exact) mass is 355 g/mol. The number of rotatable bonds is 2. The molecule has 2 rings (SSSR count). The van der Waals surface area contributed by atoms with Gasteiger partial charge >= 0.3 is 0 Å². The Morgan fingerprint density at radius 2 is 2.13 bits per heavy atom. The van der Waals surface area contributed by atoms with Crippen LogP contribution in [-0.2, 0) is 10.7 Å². The molecule has 1 heterocycles. The van der Waals surface area contributed by atoms with E-state index >= 15 is 0 Å². The molecule has 15 heavy (non-hydrogen) atoms. The lowest BCUT2D eigenvalue weighted by molar-refractivity contribution is 0.612. The van der Waals surface area contributed by atoms with Crippen molar-refractivity contribution in [3.05, 3.63) is 24.3 Å². The van der Waals surface area contributed by atoms with Gasteiger partial charge in [0.25, 0.3) is 0 Å². The van der Waals surface area contributed by atoms with Gasteiger partial charge in [-0.15, -0.1) is 0 Å². The Balaban J connectivity index is 2.37. The Kier molecular flexibility index (Phi) is 3.18. The van der Waals surface area contributed by atoms with Gasteiger partial charge < -0.3 is 4.90 Å². The van der Waals surface area contributed by atoms with Gasteiger partial charge in [0.2, 0.25) is 0 Å². The fraction of sp³-hybridized carbons (Fsp3) is 0.333. The molecule has 0 amide bonds. The highest BCUT2D eigenvalue weighted by Gasteiger charge is 2.40. The van der Waals surface area contributed by atoms with Crippen molar-refractivity contribution in [2.24, 2.45) is 0 Å². The predicted molar refractivity (Wildman–Crippen MR) is 72.6 cm³/mol. The molecule has 1 aliphatic heterocycles. The number of thioether (sulfide) groups is 1. The van der Waals surface area contributed by atoms with Crippen LogP contribution in [0, 0.1) is 0 Å². The van der Waals surface area contributed by atoms with E-state index in [-0.39, 0.29) is 5.75 Å². The van der Waals surface area contributed by atoms with Crippen LogP contribution in [0.25, 0.3) is 0 Å². The van der Waals surface area contributed by atoms with E-state index in [9.17, 15) is 8.42 Å². The molecule has 0 bridgehead atoms. The molecule has 0 spiro atoms. The second kappa shape index (κ2) is 4.14. The van der Waals surface area contributed by atoms with Crippen LogP contribution in [-0.4, -0.2) is 24.1 Å². The van der Waals surface area contributed by atoms with Gasteiger partial charge in [0.1, 0.15) is 10.7 Å². The summed E-state index contributed by atoms with van der Waals surface area (Å²) in [6.45, 7) is 0. The molecule has 0 saturated carbocycles. The topological polar surface area (TPSA) is 37.4 Å². The van der Waals surface area contributed by atoms with Crippen LogP contribution in [0.15, 0.2) is 29.2 Å². The Hall–Kier alpha value is 0.0500. The summed E-state index contributed by atoms with van der Waals surface area (Å²) in [5.74, 6) is 0.165. The molecule has 1 aromatic carbocycles. The minimum Gasteiger partial charge on any atom is -0.350 e. The Bertz CT molecular complexity index is 455. The molecule has 0 N–H and O–H groups in total. The van der Waals surface area contributed by atoms with E-state index < -0.39 is 13.6 Å². The number of hydrogen-bond acceptors (Lipinski definition) is 4. The van der Waals surface area contributed by atoms with Crippen molar-refractivity contribution in [1.82, 2.24) is 0 Å². The lowest BCUT2D eigenvalue weighted by atomic mass is 10.3. The number of hydrogen-bond donors (Lipinski definition) is 1. The van der Waals surface area contributed by atoms with Crippen molar-refractivity contribution in [2.75, 3.05) is 17.7 Å². The largest absolute Gasteiger partial charge is 0.350 e. The van der Waals surface area contributed by atoms with Crippen molar-refractivity contribution in [1.29, 1.82) is 0 Å². The highest BCUT2D eigenvalue weighted by molar-refractivity contribution is 14.1. The lowest BCUT2D eigenvalue weighted by Crippen LogP contribution is -2.38. The highest BCUT2D eigenvalue weighted by atomic mass is 127. The number of nitrogens with zero attached hydrogens (tertiary/aromatic N) is 1. The van der Waals surface area contributed by atoms with Crippen LogP contribution < -0.4 is 4.90 Å². The summed E-state index contributed by atoms with van der Waals surface area (Å²) in [5.41, 5.74) is 1.11. The van der Waals surface area contributed by atoms with Crippen molar-refractivity contribution in [3.63, 3.8) is 0 Å². The fourth-order valence-corrected chi connectivity index (χ4v) is 5.48. The van der Waals surface area contributed by atoms with Crippen molar-refractivity contribution >= 4 is 50.7 Å². The summed E-state index contributed by atoms with van der Waals surface area (Å²) >= 11 is 3.81. The zero-order chi connectivity index (χ0) is 11.1. The third-order valence-corrected chi connectivity index (χ3v) is 6.91. The molecule has 0 radical (unpaired) electrons. The van der Waals surface area contributed by atoms with Crippen molar-refractivity contribution in [2.45, 2.75) is 7.77 Å². The SMILES string of the molecule is CN1c2ccccc2SC1(I)C[SH](=O)=O. The first-order valence-electron chi connectivity index (χ1n) is 4.35. The summed E-state index contributed by atoms with van der Waals surface area (Å²) in [4.78, 5) is 3.17. The number of alkyl halides is 1. The Labute approximate surface area is 108 Å². The van der Waals surface area contributed by atoms with Crippen LogP contribution in [0.3, 0.4) is 0 Å². The number of thiol groups is 1. The number of benzene rings is 1. The quantitative estimate of drug-likeness (QED) is 0.381. The van der Waals surface area contributed by atoms with Gasteiger partial charge in [-0.05, 0) is 34.7 Å². The molecule has 0 saturated heterocycles. The van der Waals surface area contributed by atoms with Crippen LogP contribution in [0.2, 0.25) is 0 Å². The van der Waals surface area contributed by atoms with Gasteiger partial charge in [-0.25, -0.2) is 8.42 Å². The van der Waals surface area contributed by atoms with E-state index in [1.54, 1.807) is 11.8 Å². The highest BCUT2D eigenvalue weighted by Crippen LogP contribution is 2.52. The molecule has 0 fully saturated rings. The normalized spacial score (nSPS) is 24.6. The molecular weight excluding hydrogens is 345 g/mol. The summed E-state index contributed by atoms with van der Waals surface area (Å²) in [6, 6.07) is 7.98. The molecule has 1 aromatic rings. The zero-order valence-electron chi connectivity index (χ0n) is 8.01. The third-order valence-electron chi connectivity index (χ3n) is 2.32. The minimum absolute atomic E-state index is 0.165. The van der Waals surface area contributed by atoms with E-state index in [0.717, 1.165) is 10.6 Å². The molecule has 1 atom stereocenters. The van der Waals surface area contributed by atoms with Gasteiger partial charge in [0, 0.05) is 11.9 Å². The van der Waals surface area contributed by atoms with Gasteiger partial charge in [-0.1, -0.05) is 23.9 Å². The first kappa shape index (κ1) is 11.5. The van der Waals surface area contributed by atoms with Crippen LogP contribution in [0.1, 0.15) is 0 Å². The molecule has 1 aliphatic rings. The maximum Gasteiger partial charge on any atom is 0.156 e. The maximum atomic E-state index is 10.8. The number of anilines is 1. The molecule has 6 heteroatoms. The summed E-state index contributed by atoms with van der Waals surface area (Å²) in [6.07, 6.45) is 0. The molecule has 0 aromatic heterocycles. The third kappa shape index (κ3) is 2.12. The number of halogens is 1. The van der Waals surface area contributed by atoms with E-state index in [1.165, 1.54) is 0 Å². The molecule has 82 valence electrons. The smallest absolute Gasteiger partial charge is 0.156 e. The average molecular weight is 355 g/mol. The molecule has 0 aliphatic carbocycles. The van der Waals surface area contributed by atoms with Crippen LogP contribution in [0.5, 0.6) is 0 Å². The van der Waals surface area contributed by atoms with Gasteiger partial charge in [0.15, 0.2) is 2.88 Å². The van der Waals surface area contributed by atoms with E-state index in [1.807, 2.05) is 36.2 Å². The minimum atomic E-state index is -2.36.